The van der Waals surface area contributed by atoms with Gasteiger partial charge in [0.25, 0.3) is 5.91 Å². The van der Waals surface area contributed by atoms with Crippen molar-refractivity contribution in [3.63, 3.8) is 0 Å². The highest BCUT2D eigenvalue weighted by Crippen LogP contribution is 2.20. The van der Waals surface area contributed by atoms with Crippen LogP contribution >= 0.6 is 0 Å². The van der Waals surface area contributed by atoms with Gasteiger partial charge in [-0.2, -0.15) is 0 Å². The van der Waals surface area contributed by atoms with Crippen molar-refractivity contribution in [1.29, 1.82) is 0 Å². The van der Waals surface area contributed by atoms with Gasteiger partial charge in [-0.25, -0.2) is 0 Å². The zero-order valence-electron chi connectivity index (χ0n) is 17.1. The highest BCUT2D eigenvalue weighted by molar-refractivity contribution is 5.80. The lowest BCUT2D eigenvalue weighted by Crippen LogP contribution is -2.44. The molecule has 0 spiro atoms. The molecule has 2 aromatic carbocycles. The van der Waals surface area contributed by atoms with Crippen molar-refractivity contribution in [3.8, 4) is 5.75 Å². The maximum atomic E-state index is 12.4. The molecule has 1 N–H and O–H groups in total. The number of nitrogens with one attached hydrogen (secondary N) is 1. The molecule has 1 fully saturated rings. The monoisotopic (exact) mass is 381 g/mol. The second kappa shape index (κ2) is 9.60. The smallest absolute Gasteiger partial charge is 0.261 e. The number of benzene rings is 2. The molecule has 28 heavy (non-hydrogen) atoms. The zero-order valence-corrected chi connectivity index (χ0v) is 17.1. The van der Waals surface area contributed by atoms with Crippen molar-refractivity contribution in [2.24, 2.45) is 0 Å². The van der Waals surface area contributed by atoms with Gasteiger partial charge in [0.1, 0.15) is 5.75 Å². The summed E-state index contributed by atoms with van der Waals surface area (Å²) in [5.41, 5.74) is 3.45. The molecular formula is C23H31N3O2. The predicted molar refractivity (Wildman–Crippen MR) is 114 cm³/mol. The van der Waals surface area contributed by atoms with Gasteiger partial charge < -0.3 is 19.9 Å². The number of nitrogens with zero attached hydrogens (tertiary/aromatic N) is 2. The van der Waals surface area contributed by atoms with Crippen LogP contribution in [-0.2, 0) is 17.8 Å². The van der Waals surface area contributed by atoms with Crippen molar-refractivity contribution >= 4 is 11.6 Å². The van der Waals surface area contributed by atoms with E-state index in [4.69, 9.17) is 4.74 Å². The Hall–Kier alpha value is -2.53. The fraction of sp³-hybridized carbons (Fsp3) is 0.435. The van der Waals surface area contributed by atoms with Gasteiger partial charge in [-0.1, -0.05) is 37.3 Å². The van der Waals surface area contributed by atoms with Gasteiger partial charge in [0.2, 0.25) is 0 Å². The van der Waals surface area contributed by atoms with Crippen LogP contribution in [0.3, 0.4) is 0 Å². The Balaban J connectivity index is 1.50. The molecule has 2 aromatic rings. The third-order valence-corrected chi connectivity index (χ3v) is 5.30. The van der Waals surface area contributed by atoms with Gasteiger partial charge in [-0.15, -0.1) is 0 Å². The molecule has 0 aliphatic carbocycles. The summed E-state index contributed by atoms with van der Waals surface area (Å²) in [6.45, 7) is 8.68. The number of hydrogen-bond acceptors (Lipinski definition) is 4. The average Bonchev–Trinajstić information content (AvgIpc) is 2.73. The minimum atomic E-state index is -0.530. The number of likely N-dealkylation sites (N-methyl/N-ethyl adjacent to an activating group) is 1. The van der Waals surface area contributed by atoms with E-state index in [2.05, 4.69) is 53.4 Å². The fourth-order valence-corrected chi connectivity index (χ4v) is 3.38. The van der Waals surface area contributed by atoms with Crippen molar-refractivity contribution in [1.82, 2.24) is 10.2 Å². The van der Waals surface area contributed by atoms with E-state index in [9.17, 15) is 4.79 Å². The zero-order chi connectivity index (χ0) is 19.9. The quantitative estimate of drug-likeness (QED) is 0.801. The van der Waals surface area contributed by atoms with Crippen molar-refractivity contribution in [2.45, 2.75) is 32.9 Å². The molecule has 1 heterocycles. The number of carbonyl (C=O) groups is 1. The maximum absolute atomic E-state index is 12.4. The molecule has 1 atom stereocenters. The van der Waals surface area contributed by atoms with Gasteiger partial charge in [0, 0.05) is 38.4 Å². The lowest BCUT2D eigenvalue weighted by molar-refractivity contribution is -0.127. The summed E-state index contributed by atoms with van der Waals surface area (Å²) in [4.78, 5) is 17.2. The number of hydrogen-bond donors (Lipinski definition) is 1. The molecule has 150 valence electrons. The van der Waals surface area contributed by atoms with Gasteiger partial charge >= 0.3 is 0 Å². The number of anilines is 1. The van der Waals surface area contributed by atoms with Gasteiger partial charge in [0.15, 0.2) is 6.10 Å². The number of amides is 1. The number of carbonyl (C=O) groups excluding carboxylic acids is 1. The minimum absolute atomic E-state index is 0.103. The molecule has 0 saturated carbocycles. The first-order valence-electron chi connectivity index (χ1n) is 10.1. The first-order chi connectivity index (χ1) is 13.6. The summed E-state index contributed by atoms with van der Waals surface area (Å²) in [7, 11) is 2.16. The normalized spacial score (nSPS) is 15.9. The van der Waals surface area contributed by atoms with E-state index in [1.54, 1.807) is 6.92 Å². The molecule has 0 bridgehead atoms. The van der Waals surface area contributed by atoms with Gasteiger partial charge in [-0.3, -0.25) is 4.79 Å². The summed E-state index contributed by atoms with van der Waals surface area (Å²) in [6.07, 6.45) is 0.349. The number of para-hydroxylation sites is 1. The highest BCUT2D eigenvalue weighted by atomic mass is 16.5. The van der Waals surface area contributed by atoms with E-state index in [1.165, 1.54) is 5.69 Å². The summed E-state index contributed by atoms with van der Waals surface area (Å²) < 4.78 is 5.87. The molecular weight excluding hydrogens is 350 g/mol. The van der Waals surface area contributed by atoms with Crippen LogP contribution in [0.4, 0.5) is 5.69 Å². The second-order valence-corrected chi connectivity index (χ2v) is 7.40. The number of piperazine rings is 1. The first-order valence-corrected chi connectivity index (χ1v) is 10.1. The summed E-state index contributed by atoms with van der Waals surface area (Å²) in [5, 5.41) is 2.98. The van der Waals surface area contributed by atoms with E-state index in [0.29, 0.717) is 6.54 Å². The predicted octanol–water partition coefficient (Wildman–Crippen LogP) is 3.08. The SMILES string of the molecule is CCc1ccccc1O[C@H](C)C(=O)NCc1ccc(N2CCN(C)CC2)cc1. The number of aryl methyl sites for hydroxylation is 1. The molecule has 3 rings (SSSR count). The van der Waals surface area contributed by atoms with E-state index < -0.39 is 6.10 Å². The number of rotatable bonds is 7. The Morgan fingerprint density at radius 1 is 1.07 bits per heavy atom. The molecule has 0 unspecified atom stereocenters. The molecule has 1 aliphatic heterocycles. The lowest BCUT2D eigenvalue weighted by atomic mass is 10.1. The second-order valence-electron chi connectivity index (χ2n) is 7.40. The topological polar surface area (TPSA) is 44.8 Å². The van der Waals surface area contributed by atoms with Crippen molar-refractivity contribution in [2.75, 3.05) is 38.1 Å². The third kappa shape index (κ3) is 5.26. The fourth-order valence-electron chi connectivity index (χ4n) is 3.38. The van der Waals surface area contributed by atoms with Crippen LogP contribution in [0.5, 0.6) is 5.75 Å². The highest BCUT2D eigenvalue weighted by Gasteiger charge is 2.16. The van der Waals surface area contributed by atoms with Crippen LogP contribution in [0.2, 0.25) is 0 Å². The molecule has 1 aliphatic rings. The molecule has 5 nitrogen and oxygen atoms in total. The Kier molecular flexibility index (Phi) is 6.93. The van der Waals surface area contributed by atoms with E-state index in [1.807, 2.05) is 24.3 Å². The Bertz CT molecular complexity index is 768. The summed E-state index contributed by atoms with van der Waals surface area (Å²) in [6, 6.07) is 16.3. The van der Waals surface area contributed by atoms with Crippen LogP contribution in [0, 0.1) is 0 Å². The lowest BCUT2D eigenvalue weighted by Gasteiger charge is -2.34. The number of ether oxygens (including phenoxy) is 1. The molecule has 1 saturated heterocycles. The first kappa shape index (κ1) is 20.2. The summed E-state index contributed by atoms with van der Waals surface area (Å²) >= 11 is 0. The summed E-state index contributed by atoms with van der Waals surface area (Å²) in [5.74, 6) is 0.679. The molecule has 5 heteroatoms. The Labute approximate surface area is 168 Å². The van der Waals surface area contributed by atoms with Crippen LogP contribution in [0.15, 0.2) is 48.5 Å². The van der Waals surface area contributed by atoms with Crippen LogP contribution < -0.4 is 15.0 Å². The van der Waals surface area contributed by atoms with E-state index >= 15 is 0 Å². The molecule has 0 aromatic heterocycles. The van der Waals surface area contributed by atoms with Crippen LogP contribution in [0.25, 0.3) is 0 Å². The Morgan fingerprint density at radius 3 is 2.43 bits per heavy atom. The average molecular weight is 382 g/mol. The van der Waals surface area contributed by atoms with E-state index in [-0.39, 0.29) is 5.91 Å². The van der Waals surface area contributed by atoms with Crippen LogP contribution in [0.1, 0.15) is 25.0 Å². The standard InChI is InChI=1S/C23H31N3O2/c1-4-20-7-5-6-8-22(20)28-18(2)23(27)24-17-19-9-11-21(12-10-19)26-15-13-25(3)14-16-26/h5-12,18H,4,13-17H2,1-3H3,(H,24,27)/t18-/m1/s1. The van der Waals surface area contributed by atoms with Gasteiger partial charge in [0.05, 0.1) is 0 Å². The van der Waals surface area contributed by atoms with Crippen LogP contribution in [-0.4, -0.2) is 50.1 Å². The van der Waals surface area contributed by atoms with E-state index in [0.717, 1.165) is 49.5 Å². The molecule has 1 amide bonds. The molecule has 0 radical (unpaired) electrons. The van der Waals surface area contributed by atoms with Crippen molar-refractivity contribution in [3.05, 3.63) is 59.7 Å². The maximum Gasteiger partial charge on any atom is 0.261 e. The van der Waals surface area contributed by atoms with Crippen molar-refractivity contribution < 1.29 is 9.53 Å². The van der Waals surface area contributed by atoms with Gasteiger partial charge in [-0.05, 0) is 49.7 Å². The third-order valence-electron chi connectivity index (χ3n) is 5.30. The Morgan fingerprint density at radius 2 is 1.75 bits per heavy atom. The largest absolute Gasteiger partial charge is 0.481 e. The minimum Gasteiger partial charge on any atom is -0.481 e.